The van der Waals surface area contributed by atoms with Gasteiger partial charge in [0, 0.05) is 43.4 Å². The molecule has 6 nitrogen and oxygen atoms in total. The normalized spacial score (nSPS) is 15.3. The summed E-state index contributed by atoms with van der Waals surface area (Å²) in [6, 6.07) is 10.4. The molecule has 29 heavy (non-hydrogen) atoms. The second kappa shape index (κ2) is 9.06. The van der Waals surface area contributed by atoms with E-state index >= 15 is 0 Å². The molecule has 1 aliphatic heterocycles. The van der Waals surface area contributed by atoms with E-state index in [1.54, 1.807) is 6.07 Å². The van der Waals surface area contributed by atoms with Crippen molar-refractivity contribution in [2.45, 2.75) is 0 Å². The summed E-state index contributed by atoms with van der Waals surface area (Å²) in [5.41, 5.74) is 0.203. The number of benzene rings is 2. The monoisotopic (exact) mass is 443 g/mol. The highest BCUT2D eigenvalue weighted by Gasteiger charge is 2.27. The fraction of sp³-hybridized carbons (Fsp3) is 0.316. The highest BCUT2D eigenvalue weighted by Crippen LogP contribution is 2.21. The van der Waals surface area contributed by atoms with Gasteiger partial charge in [0.05, 0.1) is 5.75 Å². The van der Waals surface area contributed by atoms with Crippen molar-refractivity contribution in [1.29, 1.82) is 0 Å². The first kappa shape index (κ1) is 21.5. The van der Waals surface area contributed by atoms with Gasteiger partial charge in [0.2, 0.25) is 10.0 Å². The van der Waals surface area contributed by atoms with E-state index in [1.165, 1.54) is 4.31 Å². The topological polar surface area (TPSA) is 69.7 Å². The van der Waals surface area contributed by atoms with Crippen molar-refractivity contribution in [3.63, 3.8) is 0 Å². The highest BCUT2D eigenvalue weighted by molar-refractivity contribution is 7.89. The molecule has 1 aliphatic rings. The van der Waals surface area contributed by atoms with Crippen molar-refractivity contribution in [3.8, 4) is 0 Å². The third-order valence-electron chi connectivity index (χ3n) is 4.64. The molecular weight excluding hydrogens is 424 g/mol. The number of carbonyl (C=O) groups excluding carboxylic acids is 1. The number of rotatable bonds is 6. The molecule has 0 aliphatic carbocycles. The molecular formula is C19H20ClF2N3O3S. The summed E-state index contributed by atoms with van der Waals surface area (Å²) in [7, 11) is -3.62. The Kier molecular flexibility index (Phi) is 6.71. The van der Waals surface area contributed by atoms with Crippen molar-refractivity contribution in [3.05, 3.63) is 64.7 Å². The number of carbonyl (C=O) groups is 1. The molecule has 0 aromatic heterocycles. The molecule has 156 valence electrons. The fourth-order valence-electron chi connectivity index (χ4n) is 3.12. The Hall–Kier alpha value is -2.23. The molecule has 1 fully saturated rings. The Morgan fingerprint density at radius 2 is 1.66 bits per heavy atom. The van der Waals surface area contributed by atoms with Gasteiger partial charge in [0.15, 0.2) is 0 Å². The molecule has 2 aromatic carbocycles. The predicted octanol–water partition coefficient (Wildman–Crippen LogP) is 2.50. The lowest BCUT2D eigenvalue weighted by Gasteiger charge is -2.35. The maximum atomic E-state index is 13.6. The lowest BCUT2D eigenvalue weighted by molar-refractivity contribution is 0.0947. The Morgan fingerprint density at radius 3 is 2.28 bits per heavy atom. The lowest BCUT2D eigenvalue weighted by Crippen LogP contribution is -2.50. The molecule has 3 rings (SSSR count). The second-order valence-electron chi connectivity index (χ2n) is 6.53. The Bertz CT molecular complexity index is 976. The molecule has 10 heteroatoms. The van der Waals surface area contributed by atoms with Gasteiger partial charge in [-0.05, 0) is 30.3 Å². The molecule has 0 bridgehead atoms. The van der Waals surface area contributed by atoms with Crippen molar-refractivity contribution in [2.24, 2.45) is 0 Å². The van der Waals surface area contributed by atoms with Crippen molar-refractivity contribution >= 4 is 33.2 Å². The minimum Gasteiger partial charge on any atom is -0.369 e. The van der Waals surface area contributed by atoms with E-state index in [2.05, 4.69) is 5.32 Å². The first-order valence-electron chi connectivity index (χ1n) is 8.98. The van der Waals surface area contributed by atoms with Crippen molar-refractivity contribution in [2.75, 3.05) is 43.4 Å². The van der Waals surface area contributed by atoms with Gasteiger partial charge in [-0.2, -0.15) is 4.31 Å². The number of nitrogens with zero attached hydrogens (tertiary/aromatic N) is 2. The molecule has 0 unspecified atom stereocenters. The van der Waals surface area contributed by atoms with Gasteiger partial charge in [0.25, 0.3) is 5.91 Å². The zero-order chi connectivity index (χ0) is 21.0. The summed E-state index contributed by atoms with van der Waals surface area (Å²) in [6.45, 7) is 1.36. The first-order valence-corrected chi connectivity index (χ1v) is 11.0. The van der Waals surface area contributed by atoms with Gasteiger partial charge in [-0.15, -0.1) is 0 Å². The Morgan fingerprint density at radius 1 is 1.03 bits per heavy atom. The van der Waals surface area contributed by atoms with Gasteiger partial charge in [0.1, 0.15) is 17.2 Å². The molecule has 0 spiro atoms. The quantitative estimate of drug-likeness (QED) is 0.744. The first-order chi connectivity index (χ1) is 13.8. The summed E-state index contributed by atoms with van der Waals surface area (Å²) < 4.78 is 53.6. The van der Waals surface area contributed by atoms with E-state index in [0.29, 0.717) is 31.2 Å². The summed E-state index contributed by atoms with van der Waals surface area (Å²) in [4.78, 5) is 14.0. The number of nitrogens with one attached hydrogen (secondary N) is 1. The third-order valence-corrected chi connectivity index (χ3v) is 6.75. The average molecular weight is 444 g/mol. The molecule has 0 radical (unpaired) electrons. The maximum Gasteiger partial charge on any atom is 0.257 e. The number of amides is 1. The van der Waals surface area contributed by atoms with Crippen molar-refractivity contribution < 1.29 is 22.0 Å². The third kappa shape index (κ3) is 5.23. The zero-order valence-electron chi connectivity index (χ0n) is 15.4. The van der Waals surface area contributed by atoms with Gasteiger partial charge < -0.3 is 10.2 Å². The smallest absolute Gasteiger partial charge is 0.257 e. The number of piperazine rings is 1. The van der Waals surface area contributed by atoms with Crippen LogP contribution in [0, 0.1) is 11.6 Å². The van der Waals surface area contributed by atoms with Crippen LogP contribution in [0.1, 0.15) is 10.4 Å². The van der Waals surface area contributed by atoms with Gasteiger partial charge >= 0.3 is 0 Å². The van der Waals surface area contributed by atoms with Gasteiger partial charge in [-0.25, -0.2) is 17.2 Å². The summed E-state index contributed by atoms with van der Waals surface area (Å²) in [5.74, 6) is -3.34. The number of hydrogen-bond acceptors (Lipinski definition) is 4. The number of halogens is 3. The van der Waals surface area contributed by atoms with Crippen LogP contribution in [-0.4, -0.2) is 57.1 Å². The largest absolute Gasteiger partial charge is 0.369 e. The molecule has 1 saturated heterocycles. The summed E-state index contributed by atoms with van der Waals surface area (Å²) >= 11 is 6.00. The number of sulfonamides is 1. The standard InChI is InChI=1S/C19H20ClF2N3O3S/c20-14-3-1-4-15(13-14)24-8-10-25(11-9-24)29(27,28)12-7-23-19(26)18-16(21)5-2-6-17(18)22/h1-6,13H,7-12H2,(H,23,26). The second-order valence-corrected chi connectivity index (χ2v) is 9.06. The summed E-state index contributed by atoms with van der Waals surface area (Å²) in [6.07, 6.45) is 0. The van der Waals surface area contributed by atoms with Crippen LogP contribution in [0.2, 0.25) is 5.02 Å². The maximum absolute atomic E-state index is 13.6. The Labute approximate surface area is 173 Å². The van der Waals surface area contributed by atoms with Crippen LogP contribution in [0.5, 0.6) is 0 Å². The molecule has 1 N–H and O–H groups in total. The van der Waals surface area contributed by atoms with Crippen LogP contribution < -0.4 is 10.2 Å². The number of hydrogen-bond donors (Lipinski definition) is 1. The minimum atomic E-state index is -3.62. The van der Waals surface area contributed by atoms with Crippen LogP contribution in [-0.2, 0) is 10.0 Å². The van der Waals surface area contributed by atoms with Gasteiger partial charge in [-0.1, -0.05) is 23.7 Å². The van der Waals surface area contributed by atoms with E-state index in [0.717, 1.165) is 23.9 Å². The predicted molar refractivity (Wildman–Crippen MR) is 108 cm³/mol. The highest BCUT2D eigenvalue weighted by atomic mass is 35.5. The zero-order valence-corrected chi connectivity index (χ0v) is 17.0. The van der Waals surface area contributed by atoms with Crippen LogP contribution in [0.25, 0.3) is 0 Å². The molecule has 0 atom stereocenters. The van der Waals surface area contributed by atoms with Crippen molar-refractivity contribution in [1.82, 2.24) is 9.62 Å². The molecule has 0 saturated carbocycles. The Balaban J connectivity index is 1.52. The average Bonchev–Trinajstić information content (AvgIpc) is 2.68. The molecule has 1 heterocycles. The lowest BCUT2D eigenvalue weighted by atomic mass is 10.2. The van der Waals surface area contributed by atoms with E-state index < -0.39 is 33.1 Å². The van der Waals surface area contributed by atoms with Crippen LogP contribution in [0.4, 0.5) is 14.5 Å². The van der Waals surface area contributed by atoms with Gasteiger partial charge in [-0.3, -0.25) is 4.79 Å². The van der Waals surface area contributed by atoms with E-state index in [4.69, 9.17) is 11.6 Å². The molecule has 2 aromatic rings. The SMILES string of the molecule is O=C(NCCS(=O)(=O)N1CCN(c2cccc(Cl)c2)CC1)c1c(F)cccc1F. The molecule has 1 amide bonds. The fourth-order valence-corrected chi connectivity index (χ4v) is 4.65. The van der Waals surface area contributed by atoms with Crippen LogP contribution in [0.15, 0.2) is 42.5 Å². The van der Waals surface area contributed by atoms with E-state index in [-0.39, 0.29) is 12.3 Å². The van der Waals surface area contributed by atoms with Crippen LogP contribution >= 0.6 is 11.6 Å². The van der Waals surface area contributed by atoms with Crippen LogP contribution in [0.3, 0.4) is 0 Å². The number of anilines is 1. The summed E-state index contributed by atoms with van der Waals surface area (Å²) in [5, 5.41) is 2.88. The van der Waals surface area contributed by atoms with E-state index in [9.17, 15) is 22.0 Å². The minimum absolute atomic E-state index is 0.247. The van der Waals surface area contributed by atoms with E-state index in [1.807, 2.05) is 23.1 Å².